The number of carbonyl (C=O) groups excluding carboxylic acids is 1. The van der Waals surface area contributed by atoms with E-state index in [0.717, 1.165) is 15.4 Å². The Hall–Kier alpha value is -2.65. The Morgan fingerprint density at radius 2 is 2.00 bits per heavy atom. The molecule has 0 atom stereocenters. The predicted molar refractivity (Wildman–Crippen MR) is 97.0 cm³/mol. The lowest BCUT2D eigenvalue weighted by atomic mass is 9.98. The number of rotatable bonds is 4. The molecular weight excluding hydrogens is 373 g/mol. The van der Waals surface area contributed by atoms with Gasteiger partial charge in [-0.3, -0.25) is 4.79 Å². The van der Waals surface area contributed by atoms with Gasteiger partial charge >= 0.3 is 10.2 Å². The second-order valence-electron chi connectivity index (χ2n) is 6.41. The highest BCUT2D eigenvalue weighted by atomic mass is 32.2. The topological polar surface area (TPSA) is 87.7 Å². The molecule has 0 spiro atoms. The lowest BCUT2D eigenvalue weighted by molar-refractivity contribution is -0.117. The molecule has 1 saturated heterocycles. The van der Waals surface area contributed by atoms with Gasteiger partial charge in [-0.05, 0) is 30.2 Å². The van der Waals surface area contributed by atoms with E-state index >= 15 is 4.39 Å². The number of hydrogen-bond donors (Lipinski definition) is 2. The van der Waals surface area contributed by atoms with Crippen molar-refractivity contribution in [2.24, 2.45) is 0 Å². The molecule has 4 rings (SSSR count). The highest BCUT2D eigenvalue weighted by Crippen LogP contribution is 2.39. The van der Waals surface area contributed by atoms with Gasteiger partial charge in [0.25, 0.3) is 5.91 Å². The number of carbonyl (C=O) groups is 1. The summed E-state index contributed by atoms with van der Waals surface area (Å²) in [6, 6.07) is 11.0. The summed E-state index contributed by atoms with van der Waals surface area (Å²) in [6.07, 6.45) is 0.609. The lowest BCUT2D eigenvalue weighted by Crippen LogP contribution is -2.32. The highest BCUT2D eigenvalue weighted by Gasteiger charge is 2.39. The van der Waals surface area contributed by atoms with E-state index in [-0.39, 0.29) is 18.0 Å². The Bertz CT molecular complexity index is 995. The Morgan fingerprint density at radius 1 is 1.22 bits per heavy atom. The molecule has 2 aromatic carbocycles. The van der Waals surface area contributed by atoms with Crippen LogP contribution in [0.3, 0.4) is 0 Å². The summed E-state index contributed by atoms with van der Waals surface area (Å²) in [4.78, 5) is 11.6. The van der Waals surface area contributed by atoms with E-state index in [1.54, 1.807) is 6.07 Å². The minimum Gasteiger partial charge on any atom is -0.487 e. The third-order valence-electron chi connectivity index (χ3n) is 4.58. The molecule has 0 saturated carbocycles. The SMILES string of the molecule is O=C1CN(c2c(OCc3ccccc3)cc3c(c2F)CNCC3)S(=O)(=O)N1. The number of hydrogen-bond acceptors (Lipinski definition) is 5. The molecule has 2 N–H and O–H groups in total. The first-order valence-corrected chi connectivity index (χ1v) is 9.95. The molecule has 0 unspecified atom stereocenters. The molecule has 1 amide bonds. The smallest absolute Gasteiger partial charge is 0.326 e. The lowest BCUT2D eigenvalue weighted by Gasteiger charge is -2.25. The van der Waals surface area contributed by atoms with Gasteiger partial charge < -0.3 is 10.1 Å². The third kappa shape index (κ3) is 3.35. The number of fused-ring (bicyclic) bond motifs is 1. The largest absolute Gasteiger partial charge is 0.487 e. The summed E-state index contributed by atoms with van der Waals surface area (Å²) in [5.74, 6) is -1.28. The van der Waals surface area contributed by atoms with Gasteiger partial charge in [0.2, 0.25) is 0 Å². The van der Waals surface area contributed by atoms with E-state index in [1.807, 2.05) is 35.1 Å². The fraction of sp³-hybridized carbons (Fsp3) is 0.278. The summed E-state index contributed by atoms with van der Waals surface area (Å²) in [5, 5.41) is 3.08. The molecule has 142 valence electrons. The second kappa shape index (κ2) is 6.82. The highest BCUT2D eigenvalue weighted by molar-refractivity contribution is 7.92. The van der Waals surface area contributed by atoms with Crippen LogP contribution in [-0.2, 0) is 34.6 Å². The molecule has 2 aliphatic heterocycles. The number of amides is 1. The van der Waals surface area contributed by atoms with E-state index in [4.69, 9.17) is 4.74 Å². The summed E-state index contributed by atoms with van der Waals surface area (Å²) in [5.41, 5.74) is 1.81. The average Bonchev–Trinajstić information content (AvgIpc) is 2.93. The van der Waals surface area contributed by atoms with Gasteiger partial charge in [-0.25, -0.2) is 13.4 Å². The molecule has 9 heteroatoms. The van der Waals surface area contributed by atoms with Gasteiger partial charge in [-0.1, -0.05) is 30.3 Å². The fourth-order valence-corrected chi connectivity index (χ4v) is 4.44. The van der Waals surface area contributed by atoms with Crippen LogP contribution in [0, 0.1) is 5.82 Å². The number of halogens is 1. The van der Waals surface area contributed by atoms with Crippen molar-refractivity contribution in [2.75, 3.05) is 17.4 Å². The molecule has 0 aromatic heterocycles. The Kier molecular flexibility index (Phi) is 4.48. The molecule has 0 radical (unpaired) electrons. The molecule has 7 nitrogen and oxygen atoms in total. The van der Waals surface area contributed by atoms with Crippen molar-refractivity contribution in [3.8, 4) is 5.75 Å². The minimum absolute atomic E-state index is 0.108. The number of nitrogens with zero attached hydrogens (tertiary/aromatic N) is 1. The standard InChI is InChI=1S/C18H18FN3O4S/c19-17-14-9-20-7-6-13(14)8-15(26-11-12-4-2-1-3-5-12)18(17)22-10-16(23)21-27(22,24)25/h1-5,8,20H,6-7,9-11H2,(H,21,23). The summed E-state index contributed by atoms with van der Waals surface area (Å²) in [7, 11) is -4.15. The first-order chi connectivity index (χ1) is 13.0. The van der Waals surface area contributed by atoms with Crippen LogP contribution >= 0.6 is 0 Å². The van der Waals surface area contributed by atoms with E-state index < -0.39 is 28.5 Å². The maximum absolute atomic E-state index is 15.3. The van der Waals surface area contributed by atoms with Crippen LogP contribution in [0.5, 0.6) is 5.75 Å². The van der Waals surface area contributed by atoms with Crippen molar-refractivity contribution in [2.45, 2.75) is 19.6 Å². The zero-order chi connectivity index (χ0) is 19.0. The van der Waals surface area contributed by atoms with E-state index in [1.165, 1.54) is 0 Å². The zero-order valence-corrected chi connectivity index (χ0v) is 15.2. The number of nitrogens with one attached hydrogen (secondary N) is 2. The zero-order valence-electron chi connectivity index (χ0n) is 14.4. The normalized spacial score (nSPS) is 18.1. The van der Waals surface area contributed by atoms with Crippen molar-refractivity contribution in [3.63, 3.8) is 0 Å². The van der Waals surface area contributed by atoms with Crippen molar-refractivity contribution >= 4 is 21.8 Å². The number of ether oxygens (including phenoxy) is 1. The predicted octanol–water partition coefficient (Wildman–Crippen LogP) is 1.23. The quantitative estimate of drug-likeness (QED) is 0.819. The van der Waals surface area contributed by atoms with Crippen LogP contribution in [-0.4, -0.2) is 27.4 Å². The van der Waals surface area contributed by atoms with Gasteiger partial charge in [0, 0.05) is 12.1 Å². The summed E-state index contributed by atoms with van der Waals surface area (Å²) in [6.45, 7) is 0.668. The molecule has 0 aliphatic carbocycles. The van der Waals surface area contributed by atoms with Crippen LogP contribution in [0.4, 0.5) is 10.1 Å². The van der Waals surface area contributed by atoms with Gasteiger partial charge in [-0.2, -0.15) is 8.42 Å². The van der Waals surface area contributed by atoms with Crippen molar-refractivity contribution in [1.82, 2.24) is 10.0 Å². The van der Waals surface area contributed by atoms with E-state index in [0.29, 0.717) is 25.1 Å². The minimum atomic E-state index is -4.15. The van der Waals surface area contributed by atoms with Crippen molar-refractivity contribution < 1.29 is 22.3 Å². The molecule has 2 heterocycles. The first-order valence-electron chi connectivity index (χ1n) is 8.51. The van der Waals surface area contributed by atoms with E-state index in [9.17, 15) is 13.2 Å². The molecule has 0 bridgehead atoms. The van der Waals surface area contributed by atoms with Crippen LogP contribution in [0.1, 0.15) is 16.7 Å². The number of benzene rings is 2. The Balaban J connectivity index is 1.78. The summed E-state index contributed by atoms with van der Waals surface area (Å²) < 4.78 is 48.3. The van der Waals surface area contributed by atoms with E-state index in [2.05, 4.69) is 5.32 Å². The molecular formula is C18H18FN3O4S. The van der Waals surface area contributed by atoms with Crippen LogP contribution in [0.15, 0.2) is 36.4 Å². The molecule has 2 aliphatic rings. The van der Waals surface area contributed by atoms with Gasteiger partial charge in [0.1, 0.15) is 24.6 Å². The molecule has 1 fully saturated rings. The van der Waals surface area contributed by atoms with Crippen LogP contribution in [0.25, 0.3) is 0 Å². The monoisotopic (exact) mass is 391 g/mol. The first kappa shape index (κ1) is 17.7. The van der Waals surface area contributed by atoms with Gasteiger partial charge in [0.05, 0.1) is 0 Å². The Morgan fingerprint density at radius 3 is 2.70 bits per heavy atom. The average molecular weight is 391 g/mol. The maximum Gasteiger partial charge on any atom is 0.326 e. The van der Waals surface area contributed by atoms with Crippen molar-refractivity contribution in [3.05, 3.63) is 58.9 Å². The molecule has 27 heavy (non-hydrogen) atoms. The van der Waals surface area contributed by atoms with Crippen LogP contribution < -0.4 is 19.1 Å². The summed E-state index contributed by atoms with van der Waals surface area (Å²) >= 11 is 0. The Labute approximate surface area is 156 Å². The second-order valence-corrected chi connectivity index (χ2v) is 8.01. The van der Waals surface area contributed by atoms with Gasteiger partial charge in [-0.15, -0.1) is 0 Å². The number of anilines is 1. The third-order valence-corrected chi connectivity index (χ3v) is 5.96. The van der Waals surface area contributed by atoms with Crippen molar-refractivity contribution in [1.29, 1.82) is 0 Å². The molecule has 2 aromatic rings. The maximum atomic E-state index is 15.3. The van der Waals surface area contributed by atoms with Crippen LogP contribution in [0.2, 0.25) is 0 Å². The van der Waals surface area contributed by atoms with Gasteiger partial charge in [0.15, 0.2) is 5.82 Å². The fourth-order valence-electron chi connectivity index (χ4n) is 3.28.